The number of halogens is 3. The Morgan fingerprint density at radius 2 is 1.80 bits per heavy atom. The van der Waals surface area contributed by atoms with Crippen LogP contribution in [0.25, 0.3) is 20.0 Å². The van der Waals surface area contributed by atoms with E-state index in [1.54, 1.807) is 11.3 Å². The lowest BCUT2D eigenvalue weighted by molar-refractivity contribution is 1.10. The summed E-state index contributed by atoms with van der Waals surface area (Å²) in [5, 5.41) is 16.0. The van der Waals surface area contributed by atoms with Crippen molar-refractivity contribution in [1.82, 2.24) is 10.2 Å². The van der Waals surface area contributed by atoms with Gasteiger partial charge in [-0.15, -0.1) is 21.5 Å². The van der Waals surface area contributed by atoms with Gasteiger partial charge in [0.15, 0.2) is 5.01 Å². The lowest BCUT2D eigenvalue weighted by atomic mass is 10.2. The lowest BCUT2D eigenvalue weighted by Gasteiger charge is -2.05. The molecule has 25 heavy (non-hydrogen) atoms. The molecule has 0 spiro atoms. The SMILES string of the molecule is Cc1ccc(Cl)c(Nc2nnc(-c3sc4ccc(Cl)cc4c3Cl)s2)c1. The number of anilines is 2. The molecule has 0 saturated carbocycles. The molecule has 4 rings (SSSR count). The van der Waals surface area contributed by atoms with Crippen LogP contribution in [0, 0.1) is 6.92 Å². The molecule has 0 bridgehead atoms. The van der Waals surface area contributed by atoms with Gasteiger partial charge in [-0.1, -0.05) is 52.2 Å². The number of benzene rings is 2. The van der Waals surface area contributed by atoms with Crippen LogP contribution in [0.1, 0.15) is 5.56 Å². The third-order valence-electron chi connectivity index (χ3n) is 3.57. The Kier molecular flexibility index (Phi) is 4.60. The predicted octanol–water partition coefficient (Wildman–Crippen LogP) is 7.43. The molecule has 2 heterocycles. The van der Waals surface area contributed by atoms with Crippen molar-refractivity contribution in [2.24, 2.45) is 0 Å². The summed E-state index contributed by atoms with van der Waals surface area (Å²) in [7, 11) is 0. The Balaban J connectivity index is 1.70. The summed E-state index contributed by atoms with van der Waals surface area (Å²) in [5.74, 6) is 0. The molecule has 0 aliphatic heterocycles. The van der Waals surface area contributed by atoms with Gasteiger partial charge >= 0.3 is 0 Å². The van der Waals surface area contributed by atoms with Crippen molar-refractivity contribution in [1.29, 1.82) is 0 Å². The first kappa shape index (κ1) is 17.1. The van der Waals surface area contributed by atoms with Crippen LogP contribution in [0.2, 0.25) is 15.1 Å². The maximum atomic E-state index is 6.53. The van der Waals surface area contributed by atoms with E-state index in [-0.39, 0.29) is 0 Å². The fourth-order valence-electron chi connectivity index (χ4n) is 2.39. The molecule has 0 unspecified atom stereocenters. The molecule has 0 radical (unpaired) electrons. The molecular formula is C17H10Cl3N3S2. The summed E-state index contributed by atoms with van der Waals surface area (Å²) >= 11 is 21.8. The summed E-state index contributed by atoms with van der Waals surface area (Å²) in [6.07, 6.45) is 0. The first-order chi connectivity index (χ1) is 12.0. The van der Waals surface area contributed by atoms with Crippen molar-refractivity contribution >= 4 is 78.4 Å². The normalized spacial score (nSPS) is 11.2. The Morgan fingerprint density at radius 1 is 0.960 bits per heavy atom. The molecule has 0 amide bonds. The van der Waals surface area contributed by atoms with Gasteiger partial charge in [0, 0.05) is 15.1 Å². The Labute approximate surface area is 167 Å². The predicted molar refractivity (Wildman–Crippen MR) is 110 cm³/mol. The maximum absolute atomic E-state index is 6.53. The highest BCUT2D eigenvalue weighted by Crippen LogP contribution is 2.44. The number of thiophene rings is 1. The summed E-state index contributed by atoms with van der Waals surface area (Å²) in [5.41, 5.74) is 1.92. The largest absolute Gasteiger partial charge is 0.329 e. The van der Waals surface area contributed by atoms with Crippen LogP contribution >= 0.6 is 57.5 Å². The van der Waals surface area contributed by atoms with Gasteiger partial charge in [-0.05, 0) is 42.8 Å². The van der Waals surface area contributed by atoms with Gasteiger partial charge in [0.2, 0.25) is 5.13 Å². The third-order valence-corrected chi connectivity index (χ3v) is 6.80. The number of aryl methyl sites for hydroxylation is 1. The molecule has 4 aromatic rings. The van der Waals surface area contributed by atoms with Gasteiger partial charge in [0.1, 0.15) is 0 Å². The van der Waals surface area contributed by atoms with Crippen molar-refractivity contribution in [3.8, 4) is 9.88 Å². The van der Waals surface area contributed by atoms with E-state index in [4.69, 9.17) is 34.8 Å². The van der Waals surface area contributed by atoms with Crippen LogP contribution in [0.4, 0.5) is 10.8 Å². The lowest BCUT2D eigenvalue weighted by Crippen LogP contribution is -1.91. The van der Waals surface area contributed by atoms with Gasteiger partial charge in [-0.25, -0.2) is 0 Å². The van der Waals surface area contributed by atoms with Crippen molar-refractivity contribution in [2.45, 2.75) is 6.92 Å². The van der Waals surface area contributed by atoms with Crippen molar-refractivity contribution < 1.29 is 0 Å². The standard InChI is InChI=1S/C17H10Cl3N3S2/c1-8-2-4-11(19)12(6-8)21-17-23-22-16(25-17)15-14(20)10-7-9(18)3-5-13(10)24-15/h2-7H,1H3,(H,21,23). The number of nitrogens with zero attached hydrogens (tertiary/aromatic N) is 2. The fourth-order valence-corrected chi connectivity index (χ4v) is 5.11. The molecule has 3 nitrogen and oxygen atoms in total. The molecule has 0 aliphatic rings. The molecule has 0 fully saturated rings. The van der Waals surface area contributed by atoms with E-state index in [0.29, 0.717) is 20.2 Å². The van der Waals surface area contributed by atoms with E-state index in [1.165, 1.54) is 11.3 Å². The molecule has 2 aromatic heterocycles. The second kappa shape index (κ2) is 6.74. The quantitative estimate of drug-likeness (QED) is 0.370. The monoisotopic (exact) mass is 425 g/mol. The van der Waals surface area contributed by atoms with E-state index in [0.717, 1.165) is 31.2 Å². The molecular weight excluding hydrogens is 417 g/mol. The van der Waals surface area contributed by atoms with Crippen LogP contribution < -0.4 is 5.32 Å². The molecule has 1 N–H and O–H groups in total. The van der Waals surface area contributed by atoms with Crippen LogP contribution in [0.5, 0.6) is 0 Å². The summed E-state index contributed by atoms with van der Waals surface area (Å²) in [6, 6.07) is 11.5. The number of fused-ring (bicyclic) bond motifs is 1. The van der Waals surface area contributed by atoms with E-state index in [1.807, 2.05) is 43.3 Å². The van der Waals surface area contributed by atoms with Gasteiger partial charge < -0.3 is 5.32 Å². The second-order valence-electron chi connectivity index (χ2n) is 5.41. The molecule has 0 aliphatic carbocycles. The average molecular weight is 427 g/mol. The van der Waals surface area contributed by atoms with Gasteiger partial charge in [-0.2, -0.15) is 0 Å². The molecule has 0 atom stereocenters. The first-order valence-electron chi connectivity index (χ1n) is 7.26. The van der Waals surface area contributed by atoms with E-state index in [9.17, 15) is 0 Å². The molecule has 8 heteroatoms. The summed E-state index contributed by atoms with van der Waals surface area (Å²) in [4.78, 5) is 0.889. The van der Waals surface area contributed by atoms with Crippen LogP contribution in [-0.2, 0) is 0 Å². The zero-order valence-corrected chi connectivity index (χ0v) is 16.7. The average Bonchev–Trinajstić information content (AvgIpc) is 3.16. The smallest absolute Gasteiger partial charge is 0.210 e. The number of hydrogen-bond acceptors (Lipinski definition) is 5. The number of nitrogens with one attached hydrogen (secondary N) is 1. The van der Waals surface area contributed by atoms with Crippen molar-refractivity contribution in [3.63, 3.8) is 0 Å². The Bertz CT molecular complexity index is 1090. The van der Waals surface area contributed by atoms with E-state index in [2.05, 4.69) is 15.5 Å². The highest BCUT2D eigenvalue weighted by Gasteiger charge is 2.17. The third kappa shape index (κ3) is 3.35. The van der Waals surface area contributed by atoms with Gasteiger partial charge in [0.25, 0.3) is 0 Å². The summed E-state index contributed by atoms with van der Waals surface area (Å²) in [6.45, 7) is 2.01. The Hall–Kier alpha value is -1.37. The molecule has 126 valence electrons. The van der Waals surface area contributed by atoms with Crippen molar-refractivity contribution in [3.05, 3.63) is 57.0 Å². The maximum Gasteiger partial charge on any atom is 0.210 e. The first-order valence-corrected chi connectivity index (χ1v) is 10.0. The highest BCUT2D eigenvalue weighted by molar-refractivity contribution is 7.27. The number of hydrogen-bond donors (Lipinski definition) is 1. The second-order valence-corrected chi connectivity index (χ2v) is 8.66. The minimum atomic E-state index is 0.636. The summed E-state index contributed by atoms with van der Waals surface area (Å²) < 4.78 is 1.07. The van der Waals surface area contributed by atoms with Crippen LogP contribution in [0.3, 0.4) is 0 Å². The number of aromatic nitrogens is 2. The van der Waals surface area contributed by atoms with Crippen LogP contribution in [-0.4, -0.2) is 10.2 Å². The zero-order chi connectivity index (χ0) is 17.6. The fraction of sp³-hybridized carbons (Fsp3) is 0.0588. The zero-order valence-electron chi connectivity index (χ0n) is 12.8. The van der Waals surface area contributed by atoms with Gasteiger partial charge in [-0.3, -0.25) is 0 Å². The van der Waals surface area contributed by atoms with E-state index >= 15 is 0 Å². The Morgan fingerprint density at radius 3 is 2.64 bits per heavy atom. The minimum Gasteiger partial charge on any atom is -0.329 e. The van der Waals surface area contributed by atoms with Crippen LogP contribution in [0.15, 0.2) is 36.4 Å². The minimum absolute atomic E-state index is 0.636. The number of rotatable bonds is 3. The topological polar surface area (TPSA) is 37.8 Å². The molecule has 0 saturated heterocycles. The van der Waals surface area contributed by atoms with Gasteiger partial charge in [0.05, 0.1) is 20.6 Å². The molecule has 2 aromatic carbocycles. The highest BCUT2D eigenvalue weighted by atomic mass is 35.5. The van der Waals surface area contributed by atoms with Crippen molar-refractivity contribution in [2.75, 3.05) is 5.32 Å². The van der Waals surface area contributed by atoms with E-state index < -0.39 is 0 Å².